The van der Waals surface area contributed by atoms with Crippen LogP contribution in [0.2, 0.25) is 0 Å². The number of carbonyl (C=O) groups excluding carboxylic acids is 2. The van der Waals surface area contributed by atoms with Crippen LogP contribution in [0, 0.1) is 0 Å². The second kappa shape index (κ2) is 11.4. The van der Waals surface area contributed by atoms with Gasteiger partial charge >= 0.3 is 11.8 Å². The highest BCUT2D eigenvalue weighted by atomic mass is 16.5. The Bertz CT molecular complexity index is 1050. The Morgan fingerprint density at radius 3 is 2.26 bits per heavy atom. The van der Waals surface area contributed by atoms with E-state index in [9.17, 15) is 9.59 Å². The van der Waals surface area contributed by atoms with Gasteiger partial charge in [-0.2, -0.15) is 0 Å². The molecular formula is C26H30N4O4. The first kappa shape index (κ1) is 23.4. The van der Waals surface area contributed by atoms with Gasteiger partial charge in [0.15, 0.2) is 0 Å². The summed E-state index contributed by atoms with van der Waals surface area (Å²) in [5, 5.41) is 5.44. The smallest absolute Gasteiger partial charge is 0.309 e. The lowest BCUT2D eigenvalue weighted by Crippen LogP contribution is -2.50. The molecule has 8 nitrogen and oxygen atoms in total. The lowest BCUT2D eigenvalue weighted by atomic mass is 10.1. The molecule has 3 aromatic rings. The second-order valence-electron chi connectivity index (χ2n) is 8.13. The SMILES string of the molecule is COc1ccc(CNC(=O)C(=O)NC[C@@H](c2ccco2)N2CCN(c3ccccc3)CC2)cc1. The van der Waals surface area contributed by atoms with Crippen molar-refractivity contribution in [2.24, 2.45) is 0 Å². The van der Waals surface area contributed by atoms with Crippen molar-refractivity contribution in [3.8, 4) is 5.75 Å². The summed E-state index contributed by atoms with van der Waals surface area (Å²) in [5.74, 6) is 0.185. The normalized spacial score (nSPS) is 14.9. The Morgan fingerprint density at radius 1 is 0.912 bits per heavy atom. The molecular weight excluding hydrogens is 432 g/mol. The highest BCUT2D eigenvalue weighted by Gasteiger charge is 2.28. The molecule has 2 heterocycles. The van der Waals surface area contributed by atoms with Crippen LogP contribution in [0.5, 0.6) is 5.75 Å². The third-order valence-electron chi connectivity index (χ3n) is 6.02. The standard InChI is InChI=1S/C26H30N4O4/c1-33-22-11-9-20(10-12-22)18-27-25(31)26(32)28-19-23(24-8-5-17-34-24)30-15-13-29(14-16-30)21-6-3-2-4-7-21/h2-12,17,23H,13-16,18-19H2,1H3,(H,27,31)(H,28,32)/t23-/m0/s1. The van der Waals surface area contributed by atoms with Gasteiger partial charge < -0.3 is 24.7 Å². The molecule has 0 bridgehead atoms. The summed E-state index contributed by atoms with van der Waals surface area (Å²) >= 11 is 0. The van der Waals surface area contributed by atoms with Gasteiger partial charge in [0.1, 0.15) is 11.5 Å². The van der Waals surface area contributed by atoms with Crippen LogP contribution >= 0.6 is 0 Å². The van der Waals surface area contributed by atoms with Gasteiger partial charge in [0.05, 0.1) is 19.4 Å². The van der Waals surface area contributed by atoms with Crippen LogP contribution in [0.3, 0.4) is 0 Å². The molecule has 0 spiro atoms. The molecule has 2 aromatic carbocycles. The van der Waals surface area contributed by atoms with E-state index in [1.54, 1.807) is 13.4 Å². The van der Waals surface area contributed by atoms with Crippen LogP contribution in [0.25, 0.3) is 0 Å². The zero-order chi connectivity index (χ0) is 23.8. The van der Waals surface area contributed by atoms with Gasteiger partial charge in [0, 0.05) is 45.0 Å². The molecule has 1 atom stereocenters. The Labute approximate surface area is 199 Å². The molecule has 8 heteroatoms. The van der Waals surface area contributed by atoms with Crippen molar-refractivity contribution in [3.63, 3.8) is 0 Å². The number of piperazine rings is 1. The quantitative estimate of drug-likeness (QED) is 0.501. The van der Waals surface area contributed by atoms with E-state index < -0.39 is 11.8 Å². The average molecular weight is 463 g/mol. The number of rotatable bonds is 8. The number of benzene rings is 2. The fourth-order valence-corrected chi connectivity index (χ4v) is 4.10. The Hall–Kier alpha value is -3.78. The van der Waals surface area contributed by atoms with E-state index in [1.165, 1.54) is 5.69 Å². The number of ether oxygens (including phenoxy) is 1. The minimum atomic E-state index is -0.664. The molecule has 1 saturated heterocycles. The summed E-state index contributed by atoms with van der Waals surface area (Å²) in [5.41, 5.74) is 2.09. The average Bonchev–Trinajstić information content (AvgIpc) is 3.43. The lowest BCUT2D eigenvalue weighted by molar-refractivity contribution is -0.139. The van der Waals surface area contributed by atoms with Gasteiger partial charge in [0.2, 0.25) is 0 Å². The van der Waals surface area contributed by atoms with Crippen molar-refractivity contribution in [1.82, 2.24) is 15.5 Å². The van der Waals surface area contributed by atoms with Crippen LogP contribution in [-0.2, 0) is 16.1 Å². The second-order valence-corrected chi connectivity index (χ2v) is 8.13. The van der Waals surface area contributed by atoms with Crippen LogP contribution < -0.4 is 20.3 Å². The first-order valence-corrected chi connectivity index (χ1v) is 11.4. The van der Waals surface area contributed by atoms with E-state index in [4.69, 9.17) is 9.15 Å². The van der Waals surface area contributed by atoms with Crippen molar-refractivity contribution in [2.75, 3.05) is 44.7 Å². The van der Waals surface area contributed by atoms with Gasteiger partial charge in [-0.25, -0.2) is 0 Å². The van der Waals surface area contributed by atoms with Crippen molar-refractivity contribution in [3.05, 3.63) is 84.3 Å². The molecule has 0 radical (unpaired) electrons. The number of hydrogen-bond acceptors (Lipinski definition) is 6. The van der Waals surface area contributed by atoms with E-state index in [0.29, 0.717) is 0 Å². The Kier molecular flexibility index (Phi) is 7.83. The number of nitrogens with zero attached hydrogens (tertiary/aromatic N) is 2. The summed E-state index contributed by atoms with van der Waals surface area (Å²) < 4.78 is 10.8. The number of nitrogens with one attached hydrogen (secondary N) is 2. The Balaban J connectivity index is 1.30. The van der Waals surface area contributed by atoms with Crippen molar-refractivity contribution >= 4 is 17.5 Å². The largest absolute Gasteiger partial charge is 0.497 e. The minimum absolute atomic E-state index is 0.147. The van der Waals surface area contributed by atoms with E-state index in [1.807, 2.05) is 54.6 Å². The van der Waals surface area contributed by atoms with Gasteiger partial charge in [-0.15, -0.1) is 0 Å². The molecule has 2 N–H and O–H groups in total. The summed E-state index contributed by atoms with van der Waals surface area (Å²) in [6.45, 7) is 3.93. The van der Waals surface area contributed by atoms with Crippen LogP contribution in [0.15, 0.2) is 77.4 Å². The first-order chi connectivity index (χ1) is 16.6. The summed E-state index contributed by atoms with van der Waals surface area (Å²) in [6, 6.07) is 21.3. The summed E-state index contributed by atoms with van der Waals surface area (Å²) in [7, 11) is 1.60. The maximum atomic E-state index is 12.5. The van der Waals surface area contributed by atoms with E-state index in [0.717, 1.165) is 43.3 Å². The molecule has 178 valence electrons. The topological polar surface area (TPSA) is 87.0 Å². The fourth-order valence-electron chi connectivity index (χ4n) is 4.10. The third kappa shape index (κ3) is 5.96. The molecule has 2 amide bonds. The molecule has 0 saturated carbocycles. The third-order valence-corrected chi connectivity index (χ3v) is 6.02. The van der Waals surface area contributed by atoms with Gasteiger partial charge in [-0.3, -0.25) is 14.5 Å². The van der Waals surface area contributed by atoms with Crippen LogP contribution in [0.4, 0.5) is 5.69 Å². The van der Waals surface area contributed by atoms with Gasteiger partial charge in [-0.05, 0) is 42.0 Å². The van der Waals surface area contributed by atoms with Crippen LogP contribution in [-0.4, -0.2) is 56.5 Å². The molecule has 0 unspecified atom stereocenters. The lowest BCUT2D eigenvalue weighted by Gasteiger charge is -2.39. The number of hydrogen-bond donors (Lipinski definition) is 2. The maximum Gasteiger partial charge on any atom is 0.309 e. The zero-order valence-corrected chi connectivity index (χ0v) is 19.3. The predicted octanol–water partition coefficient (Wildman–Crippen LogP) is 2.58. The highest BCUT2D eigenvalue weighted by Crippen LogP contribution is 2.24. The minimum Gasteiger partial charge on any atom is -0.497 e. The molecule has 1 aliphatic heterocycles. The number of amides is 2. The summed E-state index contributed by atoms with van der Waals surface area (Å²) in [4.78, 5) is 29.4. The Morgan fingerprint density at radius 2 is 1.62 bits per heavy atom. The number of carbonyl (C=O) groups is 2. The molecule has 1 aromatic heterocycles. The molecule has 34 heavy (non-hydrogen) atoms. The van der Waals surface area contributed by atoms with Crippen molar-refractivity contribution < 1.29 is 18.7 Å². The fraction of sp³-hybridized carbons (Fsp3) is 0.308. The summed E-state index contributed by atoms with van der Waals surface area (Å²) in [6.07, 6.45) is 1.63. The monoisotopic (exact) mass is 462 g/mol. The zero-order valence-electron chi connectivity index (χ0n) is 19.3. The number of methoxy groups -OCH3 is 1. The molecule has 1 aliphatic rings. The molecule has 0 aliphatic carbocycles. The van der Waals surface area contributed by atoms with Crippen molar-refractivity contribution in [1.29, 1.82) is 0 Å². The maximum absolute atomic E-state index is 12.5. The number of furan rings is 1. The number of para-hydroxylation sites is 1. The van der Waals surface area contributed by atoms with Gasteiger partial charge in [-0.1, -0.05) is 30.3 Å². The van der Waals surface area contributed by atoms with E-state index in [-0.39, 0.29) is 19.1 Å². The molecule has 1 fully saturated rings. The number of anilines is 1. The van der Waals surface area contributed by atoms with E-state index >= 15 is 0 Å². The first-order valence-electron chi connectivity index (χ1n) is 11.4. The van der Waals surface area contributed by atoms with E-state index in [2.05, 4.69) is 32.6 Å². The van der Waals surface area contributed by atoms with Gasteiger partial charge in [0.25, 0.3) is 0 Å². The van der Waals surface area contributed by atoms with Crippen LogP contribution in [0.1, 0.15) is 17.4 Å². The highest BCUT2D eigenvalue weighted by molar-refractivity contribution is 6.35. The molecule has 4 rings (SSSR count). The van der Waals surface area contributed by atoms with Crippen molar-refractivity contribution in [2.45, 2.75) is 12.6 Å². The predicted molar refractivity (Wildman–Crippen MR) is 130 cm³/mol.